The van der Waals surface area contributed by atoms with Gasteiger partial charge >= 0.3 is 0 Å². The molecule has 0 saturated heterocycles. The van der Waals surface area contributed by atoms with Crippen molar-refractivity contribution in [3.8, 4) is 0 Å². The molecule has 1 aliphatic rings. The van der Waals surface area contributed by atoms with Gasteiger partial charge in [-0.2, -0.15) is 0 Å². The van der Waals surface area contributed by atoms with Gasteiger partial charge in [-0.1, -0.05) is 26.0 Å². The van der Waals surface area contributed by atoms with Crippen LogP contribution >= 0.6 is 0 Å². The summed E-state index contributed by atoms with van der Waals surface area (Å²) >= 11 is 0. The van der Waals surface area contributed by atoms with Crippen LogP contribution in [0.2, 0.25) is 0 Å². The number of nitrogens with zero attached hydrogens (tertiary/aromatic N) is 1. The molecule has 1 aliphatic carbocycles. The lowest BCUT2D eigenvalue weighted by atomic mass is 10.0. The quantitative estimate of drug-likeness (QED) is 0.651. The highest BCUT2D eigenvalue weighted by Gasteiger charge is 2.44. The fourth-order valence-electron chi connectivity index (χ4n) is 2.45. The molecule has 1 N–H and O–H groups in total. The molecule has 0 bridgehead atoms. The second-order valence-electron chi connectivity index (χ2n) is 6.32. The molecule has 0 heterocycles. The molecule has 0 aliphatic heterocycles. The number of nitro groups is 1. The van der Waals surface area contributed by atoms with Crippen LogP contribution in [0.3, 0.4) is 0 Å². The topological polar surface area (TPSA) is 55.2 Å². The van der Waals surface area contributed by atoms with Gasteiger partial charge in [-0.3, -0.25) is 10.1 Å². The van der Waals surface area contributed by atoms with Crippen LogP contribution in [0.4, 0.5) is 5.69 Å². The maximum atomic E-state index is 10.9. The van der Waals surface area contributed by atoms with E-state index in [9.17, 15) is 10.1 Å². The van der Waals surface area contributed by atoms with Gasteiger partial charge in [0, 0.05) is 17.7 Å². The summed E-state index contributed by atoms with van der Waals surface area (Å²) in [6, 6.07) is 5.63. The summed E-state index contributed by atoms with van der Waals surface area (Å²) in [6.07, 6.45) is 1.26. The Hall–Kier alpha value is -1.42. The summed E-state index contributed by atoms with van der Waals surface area (Å²) in [5, 5.41) is 14.4. The van der Waals surface area contributed by atoms with Crippen LogP contribution in [-0.4, -0.2) is 11.5 Å². The van der Waals surface area contributed by atoms with Crippen LogP contribution in [0, 0.1) is 28.4 Å². The Bertz CT molecular complexity index is 497. The fraction of sp³-hybridized carbons (Fsp3) is 0.600. The predicted octanol–water partition coefficient (Wildman–Crippen LogP) is 3.60. The lowest BCUT2D eigenvalue weighted by Crippen LogP contribution is -2.22. The highest BCUT2D eigenvalue weighted by Crippen LogP contribution is 2.51. The highest BCUT2D eigenvalue weighted by atomic mass is 16.6. The molecule has 19 heavy (non-hydrogen) atoms. The molecule has 0 spiro atoms. The number of benzene rings is 1. The van der Waals surface area contributed by atoms with E-state index in [4.69, 9.17) is 0 Å². The maximum absolute atomic E-state index is 10.9. The van der Waals surface area contributed by atoms with Gasteiger partial charge in [0.15, 0.2) is 0 Å². The van der Waals surface area contributed by atoms with Gasteiger partial charge in [0.1, 0.15) is 0 Å². The third-order valence-electron chi connectivity index (χ3n) is 4.32. The van der Waals surface area contributed by atoms with Crippen molar-refractivity contribution in [3.05, 3.63) is 39.4 Å². The van der Waals surface area contributed by atoms with Crippen LogP contribution < -0.4 is 5.32 Å². The second kappa shape index (κ2) is 4.93. The zero-order chi connectivity index (χ0) is 14.2. The Morgan fingerprint density at radius 3 is 2.68 bits per heavy atom. The first kappa shape index (κ1) is 14.0. The van der Waals surface area contributed by atoms with Crippen molar-refractivity contribution in [1.82, 2.24) is 5.32 Å². The summed E-state index contributed by atoms with van der Waals surface area (Å²) in [5.41, 5.74) is 2.37. The Morgan fingerprint density at radius 1 is 1.53 bits per heavy atom. The van der Waals surface area contributed by atoms with Crippen molar-refractivity contribution in [2.75, 3.05) is 6.54 Å². The number of nitrogens with one attached hydrogen (secondary N) is 1. The van der Waals surface area contributed by atoms with Crippen LogP contribution in [0.1, 0.15) is 44.4 Å². The summed E-state index contributed by atoms with van der Waals surface area (Å²) in [5.74, 6) is 0.732. The fourth-order valence-corrected chi connectivity index (χ4v) is 2.45. The number of aryl methyl sites for hydroxylation is 1. The largest absolute Gasteiger partial charge is 0.310 e. The van der Waals surface area contributed by atoms with Crippen LogP contribution in [0.25, 0.3) is 0 Å². The molecule has 0 aromatic heterocycles. The minimum atomic E-state index is -0.310. The van der Waals surface area contributed by atoms with Gasteiger partial charge in [-0.15, -0.1) is 0 Å². The number of rotatable bonds is 5. The van der Waals surface area contributed by atoms with Gasteiger partial charge in [-0.25, -0.2) is 0 Å². The molecule has 0 radical (unpaired) electrons. The van der Waals surface area contributed by atoms with E-state index >= 15 is 0 Å². The van der Waals surface area contributed by atoms with E-state index in [-0.39, 0.29) is 16.7 Å². The second-order valence-corrected chi connectivity index (χ2v) is 6.32. The minimum Gasteiger partial charge on any atom is -0.310 e. The molecule has 2 unspecified atom stereocenters. The molecule has 1 aromatic rings. The smallest absolute Gasteiger partial charge is 0.272 e. The Balaban J connectivity index is 2.01. The third-order valence-corrected chi connectivity index (χ3v) is 4.32. The molecule has 2 atom stereocenters. The summed E-state index contributed by atoms with van der Waals surface area (Å²) < 4.78 is 0. The predicted molar refractivity (Wildman–Crippen MR) is 76.1 cm³/mol. The normalized spacial score (nSPS) is 22.0. The number of hydrogen-bond acceptors (Lipinski definition) is 3. The number of hydrogen-bond donors (Lipinski definition) is 1. The molecule has 1 saturated carbocycles. The summed E-state index contributed by atoms with van der Waals surface area (Å²) in [7, 11) is 0. The van der Waals surface area contributed by atoms with Crippen LogP contribution in [0.15, 0.2) is 18.2 Å². The Labute approximate surface area is 114 Å². The lowest BCUT2D eigenvalue weighted by Gasteiger charge is -2.15. The standard InChI is InChI=1S/C15H22N2O2/c1-10-5-6-12(7-14(10)17(18)19)11(2)16-9-13-8-15(13,3)4/h5-7,11,13,16H,8-9H2,1-4H3. The first-order valence-electron chi connectivity index (χ1n) is 6.79. The summed E-state index contributed by atoms with van der Waals surface area (Å²) in [4.78, 5) is 10.6. The monoisotopic (exact) mass is 262 g/mol. The Kier molecular flexibility index (Phi) is 3.63. The van der Waals surface area contributed by atoms with Gasteiger partial charge < -0.3 is 5.32 Å². The van der Waals surface area contributed by atoms with E-state index in [2.05, 4.69) is 26.1 Å². The van der Waals surface area contributed by atoms with Gasteiger partial charge in [0.05, 0.1) is 4.92 Å². The highest BCUT2D eigenvalue weighted by molar-refractivity contribution is 5.43. The third kappa shape index (κ3) is 3.13. The number of nitro benzene ring substituents is 1. The molecule has 2 rings (SSSR count). The van der Waals surface area contributed by atoms with E-state index in [1.54, 1.807) is 13.0 Å². The first-order chi connectivity index (χ1) is 8.81. The van der Waals surface area contributed by atoms with Crippen molar-refractivity contribution in [3.63, 3.8) is 0 Å². The van der Waals surface area contributed by atoms with Gasteiger partial charge in [0.2, 0.25) is 0 Å². The zero-order valence-electron chi connectivity index (χ0n) is 12.1. The van der Waals surface area contributed by atoms with Crippen LogP contribution in [0.5, 0.6) is 0 Å². The molecule has 4 heteroatoms. The molecular formula is C15H22N2O2. The molecule has 4 nitrogen and oxygen atoms in total. The molecule has 1 aromatic carbocycles. The van der Waals surface area contributed by atoms with Crippen molar-refractivity contribution < 1.29 is 4.92 Å². The van der Waals surface area contributed by atoms with Crippen molar-refractivity contribution in [1.29, 1.82) is 0 Å². The molecule has 0 amide bonds. The van der Waals surface area contributed by atoms with E-state index in [1.807, 2.05) is 12.1 Å². The lowest BCUT2D eigenvalue weighted by molar-refractivity contribution is -0.385. The van der Waals surface area contributed by atoms with Crippen molar-refractivity contribution >= 4 is 5.69 Å². The van der Waals surface area contributed by atoms with Gasteiger partial charge in [-0.05, 0) is 43.7 Å². The zero-order valence-corrected chi connectivity index (χ0v) is 12.1. The van der Waals surface area contributed by atoms with Crippen molar-refractivity contribution in [2.24, 2.45) is 11.3 Å². The van der Waals surface area contributed by atoms with Gasteiger partial charge in [0.25, 0.3) is 5.69 Å². The molecule has 1 fully saturated rings. The van der Waals surface area contributed by atoms with E-state index in [0.29, 0.717) is 11.0 Å². The van der Waals surface area contributed by atoms with E-state index in [0.717, 1.165) is 18.0 Å². The maximum Gasteiger partial charge on any atom is 0.272 e. The van der Waals surface area contributed by atoms with E-state index < -0.39 is 0 Å². The molecular weight excluding hydrogens is 240 g/mol. The van der Waals surface area contributed by atoms with Crippen LogP contribution in [-0.2, 0) is 0 Å². The van der Waals surface area contributed by atoms with Crippen molar-refractivity contribution in [2.45, 2.75) is 40.2 Å². The average Bonchev–Trinajstić information content (AvgIpc) is 2.94. The summed E-state index contributed by atoms with van der Waals surface area (Å²) in [6.45, 7) is 9.37. The Morgan fingerprint density at radius 2 is 2.16 bits per heavy atom. The first-order valence-corrected chi connectivity index (χ1v) is 6.79. The van der Waals surface area contributed by atoms with E-state index in [1.165, 1.54) is 6.42 Å². The SMILES string of the molecule is Cc1ccc(C(C)NCC2CC2(C)C)cc1[N+](=O)[O-]. The average molecular weight is 262 g/mol. The molecule has 104 valence electrons. The minimum absolute atomic E-state index is 0.149.